The average Bonchev–Trinajstić information content (AvgIpc) is 3.23. The van der Waals surface area contributed by atoms with E-state index in [-0.39, 0.29) is 73.6 Å². The zero-order chi connectivity index (χ0) is 36.6. The summed E-state index contributed by atoms with van der Waals surface area (Å²) in [7, 11) is 0. The fraction of sp³-hybridized carbons (Fsp3) is 0.412. The summed E-state index contributed by atoms with van der Waals surface area (Å²) in [5.74, 6) is -2.67. The summed E-state index contributed by atoms with van der Waals surface area (Å²) in [6.45, 7) is 12.7. The van der Waals surface area contributed by atoms with E-state index in [9.17, 15) is 14.9 Å². The monoisotopic (exact) mass is 732 g/mol. The number of nitriles is 1. The number of thioether (sulfide) groups is 1. The van der Waals surface area contributed by atoms with Crippen LogP contribution in [0.4, 0.5) is 32.8 Å². The molecule has 50 heavy (non-hydrogen) atoms. The number of nitrogen functional groups attached to an aromatic ring is 1. The van der Waals surface area contributed by atoms with Gasteiger partial charge in [0.15, 0.2) is 0 Å². The molecular formula is C34H33F5N6O3S2. The molecule has 2 aliphatic heterocycles. The summed E-state index contributed by atoms with van der Waals surface area (Å²) < 4.78 is 84.6. The molecule has 9 nitrogen and oxygen atoms in total. The lowest BCUT2D eigenvalue weighted by atomic mass is 9.92. The van der Waals surface area contributed by atoms with E-state index in [2.05, 4.69) is 11.6 Å². The summed E-state index contributed by atoms with van der Waals surface area (Å²) in [6.07, 6.45) is -4.58. The van der Waals surface area contributed by atoms with Gasteiger partial charge < -0.3 is 20.3 Å². The number of benzene rings is 2. The summed E-state index contributed by atoms with van der Waals surface area (Å²) in [5.41, 5.74) is 1.71. The van der Waals surface area contributed by atoms with Gasteiger partial charge in [0.2, 0.25) is 5.91 Å². The number of carbonyl (C=O) groups excluding carboxylic acids is 1. The molecule has 16 heteroatoms. The second-order valence-electron chi connectivity index (χ2n) is 13.4. The fourth-order valence-electron chi connectivity index (χ4n) is 7.03. The lowest BCUT2D eigenvalue weighted by Crippen LogP contribution is -2.58. The Hall–Kier alpha value is -4.20. The van der Waals surface area contributed by atoms with E-state index < -0.39 is 64.0 Å². The number of ether oxygens (including phenoxy) is 1. The Morgan fingerprint density at radius 3 is 2.36 bits per heavy atom. The molecule has 264 valence electrons. The molecule has 0 aliphatic carbocycles. The van der Waals surface area contributed by atoms with Crippen molar-refractivity contribution in [1.82, 2.24) is 14.5 Å². The minimum atomic E-state index is -5.09. The van der Waals surface area contributed by atoms with Crippen LogP contribution in [0, 0.1) is 23.0 Å². The molecule has 0 radical (unpaired) electrons. The second-order valence-corrected chi connectivity index (χ2v) is 15.5. The highest BCUT2D eigenvalue weighted by Crippen LogP contribution is 2.52. The van der Waals surface area contributed by atoms with Crippen molar-refractivity contribution in [1.29, 1.82) is 5.26 Å². The zero-order valence-electron chi connectivity index (χ0n) is 27.7. The van der Waals surface area contributed by atoms with E-state index in [0.717, 1.165) is 17.8 Å². The van der Waals surface area contributed by atoms with Crippen LogP contribution in [-0.2, 0) is 22.3 Å². The van der Waals surface area contributed by atoms with Gasteiger partial charge in [-0.05, 0) is 46.8 Å². The SMILES string of the molecule is C=CC(=O)N1[C@H](C)CN(c2nc(=O)n3c4c(c(-c5c(F)cc(F)c6sc(N)c(C#N)c56)c(C(F)(F)F)cc24)SCC(OC(C)(C)C)C3)C[C@@H]1C. The average molecular weight is 733 g/mol. The molecule has 0 spiro atoms. The highest BCUT2D eigenvalue weighted by molar-refractivity contribution is 7.99. The molecule has 1 amide bonds. The maximum atomic E-state index is 16.1. The second kappa shape index (κ2) is 12.5. The van der Waals surface area contributed by atoms with Gasteiger partial charge in [-0.25, -0.2) is 13.6 Å². The van der Waals surface area contributed by atoms with Crippen molar-refractivity contribution in [3.63, 3.8) is 0 Å². The van der Waals surface area contributed by atoms with Crippen LogP contribution in [0.5, 0.6) is 0 Å². The van der Waals surface area contributed by atoms with Crippen molar-refractivity contribution in [2.24, 2.45) is 0 Å². The quantitative estimate of drug-likeness (QED) is 0.177. The number of carbonyl (C=O) groups is 1. The number of rotatable bonds is 4. The third kappa shape index (κ3) is 5.98. The number of aromatic nitrogens is 2. The van der Waals surface area contributed by atoms with Crippen LogP contribution in [0.15, 0.2) is 34.5 Å². The van der Waals surface area contributed by atoms with Gasteiger partial charge in [-0.2, -0.15) is 23.4 Å². The molecule has 1 fully saturated rings. The number of alkyl halides is 3. The largest absolute Gasteiger partial charge is 0.417 e. The molecule has 2 aromatic carbocycles. The number of hydrogen-bond acceptors (Lipinski definition) is 9. The molecule has 4 heterocycles. The summed E-state index contributed by atoms with van der Waals surface area (Å²) in [4.78, 5) is 34.1. The Kier molecular flexibility index (Phi) is 8.93. The van der Waals surface area contributed by atoms with Gasteiger partial charge in [0.05, 0.1) is 39.6 Å². The number of halogens is 5. The van der Waals surface area contributed by atoms with Crippen molar-refractivity contribution in [2.75, 3.05) is 29.5 Å². The van der Waals surface area contributed by atoms with Crippen molar-refractivity contribution >= 4 is 60.8 Å². The topological polar surface area (TPSA) is 117 Å². The van der Waals surface area contributed by atoms with E-state index in [1.807, 2.05) is 6.07 Å². The molecule has 0 saturated carbocycles. The fourth-order valence-corrected chi connectivity index (χ4v) is 9.21. The van der Waals surface area contributed by atoms with Crippen LogP contribution in [0.1, 0.15) is 45.7 Å². The maximum absolute atomic E-state index is 16.1. The van der Waals surface area contributed by atoms with Crippen molar-refractivity contribution in [2.45, 2.75) is 76.0 Å². The lowest BCUT2D eigenvalue weighted by Gasteiger charge is -2.44. The van der Waals surface area contributed by atoms with Crippen LogP contribution in [-0.4, -0.2) is 63.0 Å². The van der Waals surface area contributed by atoms with Gasteiger partial charge in [-0.1, -0.05) is 6.58 Å². The van der Waals surface area contributed by atoms with Gasteiger partial charge in [-0.15, -0.1) is 23.1 Å². The van der Waals surface area contributed by atoms with Crippen molar-refractivity contribution in [3.05, 3.63) is 58.0 Å². The smallest absolute Gasteiger partial charge is 0.389 e. The van der Waals surface area contributed by atoms with E-state index in [1.165, 1.54) is 10.6 Å². The van der Waals surface area contributed by atoms with E-state index in [4.69, 9.17) is 10.5 Å². The predicted molar refractivity (Wildman–Crippen MR) is 184 cm³/mol. The van der Waals surface area contributed by atoms with E-state index >= 15 is 22.0 Å². The van der Waals surface area contributed by atoms with Gasteiger partial charge in [0, 0.05) is 63.8 Å². The van der Waals surface area contributed by atoms with E-state index in [1.54, 1.807) is 44.4 Å². The molecule has 6 rings (SSSR count). The molecule has 3 atom stereocenters. The van der Waals surface area contributed by atoms with Gasteiger partial charge >= 0.3 is 11.9 Å². The number of nitrogens with zero attached hydrogens (tertiary/aromatic N) is 5. The molecular weight excluding hydrogens is 700 g/mol. The van der Waals surface area contributed by atoms with Crippen LogP contribution in [0.2, 0.25) is 0 Å². The Morgan fingerprint density at radius 1 is 1.12 bits per heavy atom. The first-order valence-corrected chi connectivity index (χ1v) is 17.5. The number of nitrogens with two attached hydrogens (primary N) is 1. The standard InChI is InChI=1S/C34H33F5N6O3S2/c1-7-23(46)45-15(2)11-43(12-16(45)3)31-18-8-20(34(37,38)39)25(26-21(35)9-22(36)28-24(26)19(10-40)30(41)50-28)29-27(18)44(32(47)42-31)13-17(14-49-29)48-33(4,5)6/h7-9,15-17H,1,11-14,41H2,2-6H3/t15-,16+,17?. The first-order valence-electron chi connectivity index (χ1n) is 15.7. The maximum Gasteiger partial charge on any atom is 0.417 e. The summed E-state index contributed by atoms with van der Waals surface area (Å²) in [5, 5.41) is 9.37. The Morgan fingerprint density at radius 2 is 1.78 bits per heavy atom. The third-order valence-electron chi connectivity index (χ3n) is 8.73. The Bertz CT molecular complexity index is 2170. The van der Waals surface area contributed by atoms with Crippen molar-refractivity contribution < 1.29 is 31.5 Å². The first kappa shape index (κ1) is 35.6. The zero-order valence-corrected chi connectivity index (χ0v) is 29.4. The Labute approximate surface area is 292 Å². The molecule has 4 aromatic rings. The highest BCUT2D eigenvalue weighted by Gasteiger charge is 2.41. The van der Waals surface area contributed by atoms with Gasteiger partial charge in [-0.3, -0.25) is 9.36 Å². The molecule has 1 unspecified atom stereocenters. The molecule has 2 N–H and O–H groups in total. The minimum absolute atomic E-state index is 0.0217. The summed E-state index contributed by atoms with van der Waals surface area (Å²) in [6, 6.07) is 2.29. The van der Waals surface area contributed by atoms with Crippen LogP contribution in [0.25, 0.3) is 32.1 Å². The van der Waals surface area contributed by atoms with Gasteiger partial charge in [0.1, 0.15) is 28.5 Å². The Balaban J connectivity index is 1.74. The van der Waals surface area contributed by atoms with Crippen molar-refractivity contribution in [3.8, 4) is 17.2 Å². The molecule has 2 aliphatic rings. The number of thiophene rings is 1. The number of fused-ring (bicyclic) bond motifs is 1. The van der Waals surface area contributed by atoms with Crippen LogP contribution >= 0.6 is 23.1 Å². The number of anilines is 2. The highest BCUT2D eigenvalue weighted by atomic mass is 32.2. The molecule has 2 aromatic heterocycles. The van der Waals surface area contributed by atoms with Crippen LogP contribution < -0.4 is 16.3 Å². The van der Waals surface area contributed by atoms with Gasteiger partial charge in [0.25, 0.3) is 0 Å². The normalized spacial score (nSPS) is 19.9. The first-order chi connectivity index (χ1) is 23.4. The van der Waals surface area contributed by atoms with E-state index in [0.29, 0.717) is 17.4 Å². The van der Waals surface area contributed by atoms with Crippen LogP contribution in [0.3, 0.4) is 0 Å². The molecule has 1 saturated heterocycles. The number of amides is 1. The predicted octanol–water partition coefficient (Wildman–Crippen LogP) is 6.93. The number of piperazine rings is 1. The number of hydrogen-bond donors (Lipinski definition) is 1. The molecule has 0 bridgehead atoms. The lowest BCUT2D eigenvalue weighted by molar-refractivity contribution is -0.137. The summed E-state index contributed by atoms with van der Waals surface area (Å²) >= 11 is 1.58. The third-order valence-corrected chi connectivity index (χ3v) is 11.0. The minimum Gasteiger partial charge on any atom is -0.389 e.